The van der Waals surface area contributed by atoms with E-state index in [0.29, 0.717) is 0 Å². The van der Waals surface area contributed by atoms with E-state index in [2.05, 4.69) is 5.32 Å². The molecule has 2 atom stereocenters. The first-order valence-electron chi connectivity index (χ1n) is 6.14. The Morgan fingerprint density at radius 3 is 2.40 bits per heavy atom. The molecule has 1 unspecified atom stereocenters. The molecule has 1 rings (SSSR count). The van der Waals surface area contributed by atoms with Crippen LogP contribution >= 0.6 is 24.0 Å². The quantitative estimate of drug-likeness (QED) is 0.895. The first-order valence-corrected chi connectivity index (χ1v) is 6.52. The SMILES string of the molecule is CC(NC(=O)[C@@H](N)C(C)(C)C)c1c(F)cccc1Cl.Cl. The van der Waals surface area contributed by atoms with Gasteiger partial charge in [-0.2, -0.15) is 0 Å². The third kappa shape index (κ3) is 4.62. The Bertz CT molecular complexity index is 454. The van der Waals surface area contributed by atoms with Crippen molar-refractivity contribution in [3.63, 3.8) is 0 Å². The lowest BCUT2D eigenvalue weighted by atomic mass is 9.86. The highest BCUT2D eigenvalue weighted by atomic mass is 35.5. The van der Waals surface area contributed by atoms with Gasteiger partial charge in [-0.1, -0.05) is 38.4 Å². The molecule has 3 N–H and O–H groups in total. The summed E-state index contributed by atoms with van der Waals surface area (Å²) in [6, 6.07) is 3.23. The summed E-state index contributed by atoms with van der Waals surface area (Å²) in [6.07, 6.45) is 0. The minimum Gasteiger partial charge on any atom is -0.348 e. The second-order valence-corrected chi connectivity index (χ2v) is 6.12. The van der Waals surface area contributed by atoms with Crippen molar-refractivity contribution in [2.24, 2.45) is 11.1 Å². The van der Waals surface area contributed by atoms with Gasteiger partial charge in [-0.05, 0) is 24.5 Å². The molecule has 1 aromatic carbocycles. The molecule has 0 bridgehead atoms. The monoisotopic (exact) mass is 322 g/mol. The van der Waals surface area contributed by atoms with Gasteiger partial charge in [0.1, 0.15) is 5.82 Å². The van der Waals surface area contributed by atoms with E-state index in [1.54, 1.807) is 13.0 Å². The number of carbonyl (C=O) groups is 1. The number of halogens is 3. The minimum absolute atomic E-state index is 0. The van der Waals surface area contributed by atoms with E-state index in [-0.39, 0.29) is 34.3 Å². The number of hydrogen-bond acceptors (Lipinski definition) is 2. The van der Waals surface area contributed by atoms with E-state index in [0.717, 1.165) is 0 Å². The smallest absolute Gasteiger partial charge is 0.237 e. The summed E-state index contributed by atoms with van der Waals surface area (Å²) in [6.45, 7) is 7.30. The van der Waals surface area contributed by atoms with Crippen molar-refractivity contribution in [1.29, 1.82) is 0 Å². The molecule has 20 heavy (non-hydrogen) atoms. The van der Waals surface area contributed by atoms with Crippen molar-refractivity contribution < 1.29 is 9.18 Å². The average Bonchev–Trinajstić information content (AvgIpc) is 2.26. The van der Waals surface area contributed by atoms with Crippen LogP contribution in [0, 0.1) is 11.2 Å². The van der Waals surface area contributed by atoms with Gasteiger partial charge in [0, 0.05) is 10.6 Å². The number of nitrogens with one attached hydrogen (secondary N) is 1. The van der Waals surface area contributed by atoms with E-state index in [1.807, 2.05) is 20.8 Å². The molecule has 0 spiro atoms. The first kappa shape index (κ1) is 19.2. The number of nitrogens with two attached hydrogens (primary N) is 1. The molecule has 0 radical (unpaired) electrons. The van der Waals surface area contributed by atoms with Gasteiger partial charge in [-0.3, -0.25) is 4.79 Å². The molecular weight excluding hydrogens is 302 g/mol. The highest BCUT2D eigenvalue weighted by Crippen LogP contribution is 2.26. The van der Waals surface area contributed by atoms with Gasteiger partial charge >= 0.3 is 0 Å². The number of amides is 1. The maximum absolute atomic E-state index is 13.7. The molecule has 1 aromatic rings. The van der Waals surface area contributed by atoms with Gasteiger partial charge in [-0.15, -0.1) is 12.4 Å². The van der Waals surface area contributed by atoms with Crippen molar-refractivity contribution in [2.45, 2.75) is 39.8 Å². The zero-order chi connectivity index (χ0) is 14.8. The van der Waals surface area contributed by atoms with Crippen LogP contribution in [0.25, 0.3) is 0 Å². The fourth-order valence-electron chi connectivity index (χ4n) is 1.69. The summed E-state index contributed by atoms with van der Waals surface area (Å²) in [5, 5.41) is 2.98. The van der Waals surface area contributed by atoms with Crippen LogP contribution in [0.15, 0.2) is 18.2 Å². The Kier molecular flexibility index (Phi) is 6.94. The summed E-state index contributed by atoms with van der Waals surface area (Å²) in [7, 11) is 0. The Balaban J connectivity index is 0.00000361. The average molecular weight is 323 g/mol. The zero-order valence-electron chi connectivity index (χ0n) is 12.0. The van der Waals surface area contributed by atoms with Gasteiger partial charge in [0.05, 0.1) is 12.1 Å². The van der Waals surface area contributed by atoms with Crippen LogP contribution in [0.2, 0.25) is 5.02 Å². The third-order valence-electron chi connectivity index (χ3n) is 3.01. The van der Waals surface area contributed by atoms with Crippen LogP contribution in [-0.2, 0) is 4.79 Å². The second kappa shape index (κ2) is 7.25. The summed E-state index contributed by atoms with van der Waals surface area (Å²) in [5.41, 5.74) is 5.78. The van der Waals surface area contributed by atoms with Crippen LogP contribution in [-0.4, -0.2) is 11.9 Å². The number of carbonyl (C=O) groups excluding carboxylic acids is 1. The lowest BCUT2D eigenvalue weighted by Crippen LogP contribution is -2.49. The highest BCUT2D eigenvalue weighted by Gasteiger charge is 2.29. The summed E-state index contributed by atoms with van der Waals surface area (Å²) < 4.78 is 13.7. The highest BCUT2D eigenvalue weighted by molar-refractivity contribution is 6.31. The van der Waals surface area contributed by atoms with Crippen LogP contribution < -0.4 is 11.1 Å². The Labute approximate surface area is 130 Å². The maximum Gasteiger partial charge on any atom is 0.237 e. The van der Waals surface area contributed by atoms with Crippen molar-refractivity contribution in [1.82, 2.24) is 5.32 Å². The molecule has 0 aliphatic heterocycles. The predicted molar refractivity (Wildman–Crippen MR) is 82.6 cm³/mol. The van der Waals surface area contributed by atoms with E-state index in [4.69, 9.17) is 17.3 Å². The molecule has 0 aliphatic rings. The molecule has 0 aromatic heterocycles. The Morgan fingerprint density at radius 2 is 1.95 bits per heavy atom. The van der Waals surface area contributed by atoms with Crippen LogP contribution in [0.3, 0.4) is 0 Å². The summed E-state index contributed by atoms with van der Waals surface area (Å²) >= 11 is 5.95. The Morgan fingerprint density at radius 1 is 1.40 bits per heavy atom. The van der Waals surface area contributed by atoms with Crippen molar-refractivity contribution in [2.75, 3.05) is 0 Å². The van der Waals surface area contributed by atoms with E-state index < -0.39 is 17.9 Å². The van der Waals surface area contributed by atoms with Gasteiger partial charge in [0.25, 0.3) is 0 Å². The summed E-state index contributed by atoms with van der Waals surface area (Å²) in [5.74, 6) is -0.760. The van der Waals surface area contributed by atoms with E-state index >= 15 is 0 Å². The van der Waals surface area contributed by atoms with E-state index in [9.17, 15) is 9.18 Å². The molecule has 114 valence electrons. The standard InChI is InChI=1S/C14H20ClFN2O.ClH/c1-8(11-9(15)6-5-7-10(11)16)18-13(19)12(17)14(2,3)4;/h5-8,12H,17H2,1-4H3,(H,18,19);1H/t8?,12-;/m1./s1. The van der Waals surface area contributed by atoms with Crippen LogP contribution in [0.1, 0.15) is 39.3 Å². The molecule has 1 amide bonds. The van der Waals surface area contributed by atoms with Crippen molar-refractivity contribution in [3.05, 3.63) is 34.6 Å². The molecule has 6 heteroatoms. The largest absolute Gasteiger partial charge is 0.348 e. The second-order valence-electron chi connectivity index (χ2n) is 5.71. The van der Waals surface area contributed by atoms with Crippen LogP contribution in [0.4, 0.5) is 4.39 Å². The fraction of sp³-hybridized carbons (Fsp3) is 0.500. The number of rotatable bonds is 3. The minimum atomic E-state index is -0.666. The van der Waals surface area contributed by atoms with Crippen molar-refractivity contribution in [3.8, 4) is 0 Å². The molecular formula is C14H21Cl2FN2O. The van der Waals surface area contributed by atoms with Gasteiger partial charge < -0.3 is 11.1 Å². The van der Waals surface area contributed by atoms with Crippen molar-refractivity contribution >= 4 is 29.9 Å². The van der Waals surface area contributed by atoms with Gasteiger partial charge in [0.15, 0.2) is 0 Å². The molecule has 0 aliphatic carbocycles. The maximum atomic E-state index is 13.7. The molecule has 0 saturated carbocycles. The zero-order valence-corrected chi connectivity index (χ0v) is 13.6. The molecule has 0 fully saturated rings. The molecule has 3 nitrogen and oxygen atoms in total. The van der Waals surface area contributed by atoms with E-state index in [1.165, 1.54) is 12.1 Å². The number of hydrogen-bond donors (Lipinski definition) is 2. The predicted octanol–water partition coefficient (Wildman–Crippen LogP) is 3.45. The Hall–Kier alpha value is -0.840. The van der Waals surface area contributed by atoms with Gasteiger partial charge in [-0.25, -0.2) is 4.39 Å². The van der Waals surface area contributed by atoms with Gasteiger partial charge in [0.2, 0.25) is 5.91 Å². The summed E-state index contributed by atoms with van der Waals surface area (Å²) in [4.78, 5) is 12.0. The number of benzene rings is 1. The first-order chi connectivity index (χ1) is 8.64. The lowest BCUT2D eigenvalue weighted by Gasteiger charge is -2.27. The lowest BCUT2D eigenvalue weighted by molar-refractivity contribution is -0.125. The normalized spacial score (nSPS) is 14.2. The molecule has 0 heterocycles. The third-order valence-corrected chi connectivity index (χ3v) is 3.34. The molecule has 0 saturated heterocycles. The van der Waals surface area contributed by atoms with Crippen LogP contribution in [0.5, 0.6) is 0 Å². The topological polar surface area (TPSA) is 55.1 Å². The fourth-order valence-corrected chi connectivity index (χ4v) is 2.02.